The van der Waals surface area contributed by atoms with Crippen LogP contribution in [0.4, 0.5) is 0 Å². The van der Waals surface area contributed by atoms with Gasteiger partial charge in [0.15, 0.2) is 0 Å². The fraction of sp³-hybridized carbons (Fsp3) is 0.381. The minimum absolute atomic E-state index is 0.195. The third-order valence-electron chi connectivity index (χ3n) is 4.84. The first-order valence-electron chi connectivity index (χ1n) is 8.77. The Balaban J connectivity index is 1.53. The van der Waals surface area contributed by atoms with Gasteiger partial charge in [-0.2, -0.15) is 0 Å². The van der Waals surface area contributed by atoms with E-state index in [4.69, 9.17) is 0 Å². The van der Waals surface area contributed by atoms with Crippen LogP contribution in [0.3, 0.4) is 0 Å². The highest BCUT2D eigenvalue weighted by molar-refractivity contribution is 5.73. The maximum atomic E-state index is 11.4. The van der Waals surface area contributed by atoms with Gasteiger partial charge in [0.1, 0.15) is 0 Å². The van der Waals surface area contributed by atoms with E-state index in [-0.39, 0.29) is 5.91 Å². The van der Waals surface area contributed by atoms with Crippen molar-refractivity contribution >= 4 is 5.91 Å². The second-order valence-electron chi connectivity index (χ2n) is 6.73. The van der Waals surface area contributed by atoms with Crippen LogP contribution in [0.5, 0.6) is 0 Å². The molecule has 3 heteroatoms. The normalized spacial score (nSPS) is 15.5. The largest absolute Gasteiger partial charge is 0.343 e. The van der Waals surface area contributed by atoms with Crippen LogP contribution in [0.25, 0.3) is 11.1 Å². The van der Waals surface area contributed by atoms with Gasteiger partial charge >= 0.3 is 0 Å². The molecule has 3 nitrogen and oxygen atoms in total. The van der Waals surface area contributed by atoms with Gasteiger partial charge in [-0.05, 0) is 36.5 Å². The Kier molecular flexibility index (Phi) is 5.31. The van der Waals surface area contributed by atoms with Crippen molar-refractivity contribution in [2.24, 2.45) is 0 Å². The molecule has 0 saturated carbocycles. The molecule has 0 unspecified atom stereocenters. The molecule has 1 saturated heterocycles. The topological polar surface area (TPSA) is 32.3 Å². The average Bonchev–Trinajstić information content (AvgIpc) is 2.61. The molecule has 0 bridgehead atoms. The van der Waals surface area contributed by atoms with E-state index < -0.39 is 0 Å². The van der Waals surface area contributed by atoms with Crippen LogP contribution in [0.2, 0.25) is 0 Å². The Hall–Kier alpha value is -2.13. The number of nitrogens with one attached hydrogen (secondary N) is 1. The zero-order chi connectivity index (χ0) is 16.9. The van der Waals surface area contributed by atoms with E-state index in [0.29, 0.717) is 6.04 Å². The monoisotopic (exact) mass is 322 g/mol. The fourth-order valence-electron chi connectivity index (χ4n) is 3.30. The molecule has 1 heterocycles. The first-order chi connectivity index (χ1) is 11.6. The number of hydrogen-bond donors (Lipinski definition) is 1. The molecule has 0 aromatic heterocycles. The van der Waals surface area contributed by atoms with Gasteiger partial charge in [-0.15, -0.1) is 0 Å². The Morgan fingerprint density at radius 3 is 2.42 bits per heavy atom. The molecule has 2 aromatic rings. The predicted molar refractivity (Wildman–Crippen MR) is 98.7 cm³/mol. The summed E-state index contributed by atoms with van der Waals surface area (Å²) in [6.45, 7) is 6.42. The highest BCUT2D eigenvalue weighted by Gasteiger charge is 2.19. The highest BCUT2D eigenvalue weighted by Crippen LogP contribution is 2.21. The number of nitrogens with zero attached hydrogens (tertiary/aromatic N) is 1. The molecule has 1 amide bonds. The van der Waals surface area contributed by atoms with Crippen LogP contribution in [-0.4, -0.2) is 29.9 Å². The lowest BCUT2D eigenvalue weighted by Crippen LogP contribution is -2.43. The summed E-state index contributed by atoms with van der Waals surface area (Å²) in [6, 6.07) is 17.9. The van der Waals surface area contributed by atoms with Gasteiger partial charge in [0.25, 0.3) is 0 Å². The van der Waals surface area contributed by atoms with Crippen molar-refractivity contribution in [3.63, 3.8) is 0 Å². The number of aryl methyl sites for hydroxylation is 1. The molecular formula is C21H26N2O. The lowest BCUT2D eigenvalue weighted by Gasteiger charge is -2.31. The summed E-state index contributed by atoms with van der Waals surface area (Å²) in [5.74, 6) is 0.195. The van der Waals surface area contributed by atoms with Gasteiger partial charge in [0.05, 0.1) is 0 Å². The summed E-state index contributed by atoms with van der Waals surface area (Å²) in [7, 11) is 0. The SMILES string of the molecule is CC(=O)N1CCC(NCc2ccc(-c3cccc(C)c3)cc2)CC1. The second kappa shape index (κ2) is 7.63. The predicted octanol–water partition coefficient (Wildman–Crippen LogP) is 3.76. The van der Waals surface area contributed by atoms with Crippen molar-refractivity contribution in [2.45, 2.75) is 39.3 Å². The molecule has 2 aromatic carbocycles. The van der Waals surface area contributed by atoms with Gasteiger partial charge in [0, 0.05) is 32.6 Å². The van der Waals surface area contributed by atoms with Crippen LogP contribution in [-0.2, 0) is 11.3 Å². The Bertz CT molecular complexity index is 685. The van der Waals surface area contributed by atoms with Crippen LogP contribution < -0.4 is 5.32 Å². The van der Waals surface area contributed by atoms with Crippen LogP contribution in [0.1, 0.15) is 30.9 Å². The number of benzene rings is 2. The standard InChI is InChI=1S/C21H26N2O/c1-16-4-3-5-20(14-16)19-8-6-18(7-9-19)15-22-21-10-12-23(13-11-21)17(2)24/h3-9,14,21-22H,10-13,15H2,1-2H3. The molecule has 0 atom stereocenters. The molecule has 24 heavy (non-hydrogen) atoms. The molecule has 1 N–H and O–H groups in total. The number of carbonyl (C=O) groups is 1. The van der Waals surface area contributed by atoms with Gasteiger partial charge in [-0.3, -0.25) is 4.79 Å². The molecule has 126 valence electrons. The van der Waals surface area contributed by atoms with Crippen LogP contribution >= 0.6 is 0 Å². The first kappa shape index (κ1) is 16.7. The fourth-order valence-corrected chi connectivity index (χ4v) is 3.30. The zero-order valence-electron chi connectivity index (χ0n) is 14.6. The first-order valence-corrected chi connectivity index (χ1v) is 8.77. The molecular weight excluding hydrogens is 296 g/mol. The quantitative estimate of drug-likeness (QED) is 0.929. The van der Waals surface area contributed by atoms with Crippen molar-refractivity contribution in [1.29, 1.82) is 0 Å². The molecule has 0 aliphatic carbocycles. The van der Waals surface area contributed by atoms with Gasteiger partial charge < -0.3 is 10.2 Å². The molecule has 1 aliphatic heterocycles. The lowest BCUT2D eigenvalue weighted by molar-refractivity contribution is -0.129. The number of carbonyl (C=O) groups excluding carboxylic acids is 1. The van der Waals surface area contributed by atoms with Crippen LogP contribution in [0, 0.1) is 6.92 Å². The summed E-state index contributed by atoms with van der Waals surface area (Å²) in [4.78, 5) is 13.3. The van der Waals surface area contributed by atoms with E-state index in [0.717, 1.165) is 32.5 Å². The summed E-state index contributed by atoms with van der Waals surface area (Å²) in [5, 5.41) is 3.63. The third kappa shape index (κ3) is 4.24. The summed E-state index contributed by atoms with van der Waals surface area (Å²) in [5.41, 5.74) is 5.12. The van der Waals surface area contributed by atoms with Gasteiger partial charge in [-0.25, -0.2) is 0 Å². The molecule has 0 radical (unpaired) electrons. The molecule has 1 fully saturated rings. The number of piperidine rings is 1. The van der Waals surface area contributed by atoms with Gasteiger partial charge in [0.2, 0.25) is 5.91 Å². The van der Waals surface area contributed by atoms with Gasteiger partial charge in [-0.1, -0.05) is 54.1 Å². The lowest BCUT2D eigenvalue weighted by atomic mass is 10.0. The van der Waals surface area contributed by atoms with Crippen molar-refractivity contribution in [1.82, 2.24) is 10.2 Å². The smallest absolute Gasteiger partial charge is 0.219 e. The maximum Gasteiger partial charge on any atom is 0.219 e. The Labute approximate surface area is 144 Å². The number of amides is 1. The third-order valence-corrected chi connectivity index (χ3v) is 4.84. The minimum Gasteiger partial charge on any atom is -0.343 e. The maximum absolute atomic E-state index is 11.4. The Morgan fingerprint density at radius 1 is 1.08 bits per heavy atom. The summed E-state index contributed by atoms with van der Waals surface area (Å²) < 4.78 is 0. The van der Waals surface area contributed by atoms with E-state index in [1.54, 1.807) is 6.92 Å². The van der Waals surface area contributed by atoms with Crippen molar-refractivity contribution < 1.29 is 4.79 Å². The number of likely N-dealkylation sites (tertiary alicyclic amines) is 1. The highest BCUT2D eigenvalue weighted by atomic mass is 16.2. The summed E-state index contributed by atoms with van der Waals surface area (Å²) in [6.07, 6.45) is 2.09. The van der Waals surface area contributed by atoms with Crippen molar-refractivity contribution in [3.05, 3.63) is 59.7 Å². The molecule has 1 aliphatic rings. The number of rotatable bonds is 4. The van der Waals surface area contributed by atoms with Crippen molar-refractivity contribution in [3.8, 4) is 11.1 Å². The van der Waals surface area contributed by atoms with Crippen molar-refractivity contribution in [2.75, 3.05) is 13.1 Å². The summed E-state index contributed by atoms with van der Waals surface area (Å²) >= 11 is 0. The average molecular weight is 322 g/mol. The van der Waals surface area contributed by atoms with E-state index in [2.05, 4.69) is 60.8 Å². The zero-order valence-corrected chi connectivity index (χ0v) is 14.6. The van der Waals surface area contributed by atoms with Crippen LogP contribution in [0.15, 0.2) is 48.5 Å². The molecule has 0 spiro atoms. The van der Waals surface area contributed by atoms with E-state index in [9.17, 15) is 4.79 Å². The number of hydrogen-bond acceptors (Lipinski definition) is 2. The second-order valence-corrected chi connectivity index (χ2v) is 6.73. The van der Waals surface area contributed by atoms with E-state index in [1.807, 2.05) is 4.90 Å². The Morgan fingerprint density at radius 2 is 1.79 bits per heavy atom. The van der Waals surface area contributed by atoms with E-state index >= 15 is 0 Å². The minimum atomic E-state index is 0.195. The van der Waals surface area contributed by atoms with E-state index in [1.165, 1.54) is 22.3 Å². The molecule has 3 rings (SSSR count).